The van der Waals surface area contributed by atoms with Gasteiger partial charge in [-0.1, -0.05) is 26.2 Å². The first kappa shape index (κ1) is 21.3. The Hall–Kier alpha value is -2.01. The van der Waals surface area contributed by atoms with Crippen molar-refractivity contribution in [1.82, 2.24) is 10.3 Å². The molecule has 5 heteroatoms. The van der Waals surface area contributed by atoms with E-state index >= 15 is 0 Å². The highest BCUT2D eigenvalue weighted by Gasteiger charge is 2.17. The number of nitrogens with zero attached hydrogens (tertiary/aromatic N) is 1. The van der Waals surface area contributed by atoms with Gasteiger partial charge in [0.25, 0.3) is 0 Å². The van der Waals surface area contributed by atoms with Crippen LogP contribution < -0.4 is 10.6 Å². The number of rotatable bonds is 10. The second kappa shape index (κ2) is 11.0. The van der Waals surface area contributed by atoms with Gasteiger partial charge >= 0.3 is 0 Å². The Labute approximate surface area is 164 Å². The third kappa shape index (κ3) is 7.25. The predicted octanol–water partition coefficient (Wildman–Crippen LogP) is 4.86. The summed E-state index contributed by atoms with van der Waals surface area (Å²) in [6.45, 7) is 6.76. The fourth-order valence-electron chi connectivity index (χ4n) is 3.58. The third-order valence-electron chi connectivity index (χ3n) is 5.18. The normalized spacial score (nSPS) is 16.4. The summed E-state index contributed by atoms with van der Waals surface area (Å²) >= 11 is 0. The van der Waals surface area contributed by atoms with Gasteiger partial charge in [0.15, 0.2) is 0 Å². The summed E-state index contributed by atoms with van der Waals surface area (Å²) in [5.74, 6) is 0.764. The van der Waals surface area contributed by atoms with Crippen LogP contribution in [0.2, 0.25) is 0 Å². The second-order valence-corrected chi connectivity index (χ2v) is 7.60. The SMILES string of the molecule is CCC(CCNc1nc(C)ccc1C(=N)C=CC(C)=N)NC1CCCCC1. The maximum Gasteiger partial charge on any atom is 0.135 e. The summed E-state index contributed by atoms with van der Waals surface area (Å²) in [5, 5.41) is 23.1. The molecule has 0 bridgehead atoms. The van der Waals surface area contributed by atoms with Gasteiger partial charge in [-0.3, -0.25) is 0 Å². The zero-order valence-electron chi connectivity index (χ0n) is 17.1. The van der Waals surface area contributed by atoms with Crippen molar-refractivity contribution >= 4 is 17.2 Å². The molecule has 1 unspecified atom stereocenters. The van der Waals surface area contributed by atoms with Crippen molar-refractivity contribution in [2.75, 3.05) is 11.9 Å². The van der Waals surface area contributed by atoms with Gasteiger partial charge in [0, 0.05) is 35.6 Å². The van der Waals surface area contributed by atoms with Crippen LogP contribution in [0.25, 0.3) is 0 Å². The average molecular weight is 370 g/mol. The minimum atomic E-state index is 0.379. The van der Waals surface area contributed by atoms with Crippen LogP contribution in [0.5, 0.6) is 0 Å². The molecule has 1 aromatic rings. The molecule has 1 aromatic heterocycles. The Balaban J connectivity index is 1.94. The Bertz CT molecular complexity index is 659. The molecule has 27 heavy (non-hydrogen) atoms. The van der Waals surface area contributed by atoms with E-state index in [1.807, 2.05) is 19.1 Å². The summed E-state index contributed by atoms with van der Waals surface area (Å²) in [4.78, 5) is 4.60. The van der Waals surface area contributed by atoms with Crippen molar-refractivity contribution in [3.05, 3.63) is 35.5 Å². The summed E-state index contributed by atoms with van der Waals surface area (Å²) < 4.78 is 0. The first-order chi connectivity index (χ1) is 13.0. The van der Waals surface area contributed by atoms with Gasteiger partial charge in [-0.05, 0) is 63.8 Å². The maximum absolute atomic E-state index is 8.28. The highest BCUT2D eigenvalue weighted by Crippen LogP contribution is 2.19. The van der Waals surface area contributed by atoms with Crippen molar-refractivity contribution in [1.29, 1.82) is 10.8 Å². The molecule has 2 rings (SSSR count). The molecular weight excluding hydrogens is 334 g/mol. The molecule has 0 saturated heterocycles. The zero-order valence-corrected chi connectivity index (χ0v) is 17.1. The molecule has 0 aliphatic heterocycles. The molecule has 0 amide bonds. The fraction of sp³-hybridized carbons (Fsp3) is 0.591. The van der Waals surface area contributed by atoms with Gasteiger partial charge in [0.05, 0.1) is 5.71 Å². The number of hydrogen-bond acceptors (Lipinski definition) is 5. The number of aromatic nitrogens is 1. The molecule has 1 atom stereocenters. The van der Waals surface area contributed by atoms with Crippen LogP contribution in [-0.2, 0) is 0 Å². The van der Waals surface area contributed by atoms with Crippen LogP contribution in [0.1, 0.15) is 70.1 Å². The molecule has 1 fully saturated rings. The quantitative estimate of drug-likeness (QED) is 0.445. The molecular formula is C22H35N5. The van der Waals surface area contributed by atoms with Crippen LogP contribution >= 0.6 is 0 Å². The van der Waals surface area contributed by atoms with E-state index in [9.17, 15) is 0 Å². The van der Waals surface area contributed by atoms with E-state index < -0.39 is 0 Å². The molecule has 148 valence electrons. The topological polar surface area (TPSA) is 84.7 Å². The molecule has 0 radical (unpaired) electrons. The van der Waals surface area contributed by atoms with E-state index in [4.69, 9.17) is 10.8 Å². The first-order valence-electron chi connectivity index (χ1n) is 10.3. The van der Waals surface area contributed by atoms with Crippen molar-refractivity contribution in [2.45, 2.75) is 77.8 Å². The van der Waals surface area contributed by atoms with E-state index in [0.717, 1.165) is 36.5 Å². The summed E-state index contributed by atoms with van der Waals surface area (Å²) in [7, 11) is 0. The maximum atomic E-state index is 8.28. The fourth-order valence-corrected chi connectivity index (χ4v) is 3.58. The van der Waals surface area contributed by atoms with E-state index in [-0.39, 0.29) is 0 Å². The molecule has 1 saturated carbocycles. The minimum absolute atomic E-state index is 0.379. The Morgan fingerprint density at radius 1 is 1.22 bits per heavy atom. The van der Waals surface area contributed by atoms with Crippen molar-refractivity contribution < 1.29 is 0 Å². The average Bonchev–Trinajstić information content (AvgIpc) is 2.66. The van der Waals surface area contributed by atoms with E-state index in [1.165, 1.54) is 32.1 Å². The number of hydrogen-bond donors (Lipinski definition) is 4. The second-order valence-electron chi connectivity index (χ2n) is 7.60. The molecule has 1 aliphatic carbocycles. The van der Waals surface area contributed by atoms with Gasteiger partial charge in [-0.15, -0.1) is 0 Å². The standard InChI is InChI=1S/C22H35N5/c1-4-18(27-19-8-6-5-7-9-19)14-15-25-22-20(12-11-17(3)26-22)21(24)13-10-16(2)23/h10-13,18-19,23-24,27H,4-9,14-15H2,1-3H3,(H,25,26). The third-order valence-corrected chi connectivity index (χ3v) is 5.18. The number of pyridine rings is 1. The van der Waals surface area contributed by atoms with Gasteiger partial charge in [0.2, 0.25) is 0 Å². The van der Waals surface area contributed by atoms with Crippen molar-refractivity contribution in [3.8, 4) is 0 Å². The van der Waals surface area contributed by atoms with Gasteiger partial charge in [-0.25, -0.2) is 4.98 Å². The summed E-state index contributed by atoms with van der Waals surface area (Å²) in [5.41, 5.74) is 2.54. The van der Waals surface area contributed by atoms with Gasteiger partial charge in [0.1, 0.15) is 5.82 Å². The minimum Gasteiger partial charge on any atom is -0.369 e. The summed E-state index contributed by atoms with van der Waals surface area (Å²) in [6.07, 6.45) is 12.2. The summed E-state index contributed by atoms with van der Waals surface area (Å²) in [6, 6.07) is 5.07. The predicted molar refractivity (Wildman–Crippen MR) is 116 cm³/mol. The Morgan fingerprint density at radius 3 is 2.63 bits per heavy atom. The molecule has 5 nitrogen and oxygen atoms in total. The number of aryl methyl sites for hydroxylation is 1. The molecule has 4 N–H and O–H groups in total. The van der Waals surface area contributed by atoms with Crippen LogP contribution in [0.15, 0.2) is 24.3 Å². The Morgan fingerprint density at radius 2 is 1.96 bits per heavy atom. The highest BCUT2D eigenvalue weighted by molar-refractivity contribution is 6.12. The largest absolute Gasteiger partial charge is 0.369 e. The Kier molecular flexibility index (Phi) is 8.65. The van der Waals surface area contributed by atoms with E-state index in [2.05, 4.69) is 22.5 Å². The molecule has 1 heterocycles. The lowest BCUT2D eigenvalue weighted by molar-refractivity contribution is 0.325. The highest BCUT2D eigenvalue weighted by atomic mass is 15.0. The number of anilines is 1. The van der Waals surface area contributed by atoms with Gasteiger partial charge in [-0.2, -0.15) is 0 Å². The van der Waals surface area contributed by atoms with Crippen LogP contribution in [0, 0.1) is 17.7 Å². The van der Waals surface area contributed by atoms with E-state index in [1.54, 1.807) is 19.1 Å². The first-order valence-corrected chi connectivity index (χ1v) is 10.3. The van der Waals surface area contributed by atoms with E-state index in [0.29, 0.717) is 23.5 Å². The van der Waals surface area contributed by atoms with Crippen LogP contribution in [0.3, 0.4) is 0 Å². The lowest BCUT2D eigenvalue weighted by Gasteiger charge is -2.28. The van der Waals surface area contributed by atoms with Crippen molar-refractivity contribution in [3.63, 3.8) is 0 Å². The van der Waals surface area contributed by atoms with Crippen LogP contribution in [-0.4, -0.2) is 35.0 Å². The number of allylic oxidation sites excluding steroid dienone is 2. The zero-order chi connectivity index (χ0) is 19.6. The smallest absolute Gasteiger partial charge is 0.135 e. The monoisotopic (exact) mass is 369 g/mol. The lowest BCUT2D eigenvalue weighted by atomic mass is 9.94. The molecule has 1 aliphatic rings. The van der Waals surface area contributed by atoms with Crippen molar-refractivity contribution in [2.24, 2.45) is 0 Å². The number of nitrogens with one attached hydrogen (secondary N) is 4. The van der Waals surface area contributed by atoms with Crippen LogP contribution in [0.4, 0.5) is 5.82 Å². The lowest BCUT2D eigenvalue weighted by Crippen LogP contribution is -2.40. The molecule has 0 spiro atoms. The molecule has 0 aromatic carbocycles. The van der Waals surface area contributed by atoms with Gasteiger partial charge < -0.3 is 21.5 Å².